The lowest BCUT2D eigenvalue weighted by molar-refractivity contribution is 0.573. The van der Waals surface area contributed by atoms with Gasteiger partial charge in [-0.2, -0.15) is 0 Å². The van der Waals surface area contributed by atoms with Gasteiger partial charge in [0.15, 0.2) is 5.58 Å². The van der Waals surface area contributed by atoms with Crippen LogP contribution in [0.2, 0.25) is 0 Å². The monoisotopic (exact) mass is 329 g/mol. The Kier molecular flexibility index (Phi) is 3.57. The topological polar surface area (TPSA) is 25.2 Å². The summed E-state index contributed by atoms with van der Waals surface area (Å²) in [6, 6.07) is 21.0. The third-order valence-electron chi connectivity index (χ3n) is 4.75. The number of furan rings is 1. The van der Waals surface area contributed by atoms with Crippen LogP contribution in [0.25, 0.3) is 21.9 Å². The number of para-hydroxylation sites is 3. The van der Waals surface area contributed by atoms with Crippen molar-refractivity contribution in [3.63, 3.8) is 0 Å². The molecule has 0 spiro atoms. The van der Waals surface area contributed by atoms with Crippen molar-refractivity contribution < 1.29 is 4.42 Å². The smallest absolute Gasteiger partial charge is 0.158 e. The molecule has 4 aromatic rings. The summed E-state index contributed by atoms with van der Waals surface area (Å²) in [5.41, 5.74) is 6.50. The number of fused-ring (bicyclic) bond motifs is 3. The van der Waals surface area contributed by atoms with E-state index in [1.54, 1.807) is 0 Å². The van der Waals surface area contributed by atoms with E-state index < -0.39 is 0 Å². The fraction of sp³-hybridized carbons (Fsp3) is 0.217. The van der Waals surface area contributed by atoms with Crippen LogP contribution in [0.1, 0.15) is 31.9 Å². The van der Waals surface area contributed by atoms with Crippen molar-refractivity contribution >= 4 is 33.3 Å². The molecule has 0 aliphatic carbocycles. The molecule has 0 bridgehead atoms. The minimum absolute atomic E-state index is 0.0387. The molecule has 0 unspecified atom stereocenters. The Morgan fingerprint density at radius 2 is 1.36 bits per heavy atom. The molecular formula is C23H23NO. The number of rotatable bonds is 2. The Morgan fingerprint density at radius 1 is 0.720 bits per heavy atom. The maximum absolute atomic E-state index is 6.39. The van der Waals surface area contributed by atoms with Crippen LogP contribution in [0.15, 0.2) is 65.1 Å². The highest BCUT2D eigenvalue weighted by atomic mass is 16.3. The summed E-state index contributed by atoms with van der Waals surface area (Å²) in [4.78, 5) is 0. The van der Waals surface area contributed by atoms with E-state index in [1.165, 1.54) is 16.5 Å². The van der Waals surface area contributed by atoms with Gasteiger partial charge in [0.05, 0.1) is 5.69 Å². The molecule has 0 radical (unpaired) electrons. The molecule has 0 aliphatic heterocycles. The number of aryl methyl sites for hydroxylation is 1. The zero-order valence-electron chi connectivity index (χ0n) is 15.2. The van der Waals surface area contributed by atoms with E-state index in [4.69, 9.17) is 4.42 Å². The van der Waals surface area contributed by atoms with Gasteiger partial charge in [0.2, 0.25) is 0 Å². The van der Waals surface area contributed by atoms with Gasteiger partial charge in [-0.1, -0.05) is 69.3 Å². The Bertz CT molecular complexity index is 1070. The second-order valence-electron chi connectivity index (χ2n) is 7.66. The second-order valence-corrected chi connectivity index (χ2v) is 7.66. The number of nitrogens with one attached hydrogen (secondary N) is 1. The molecule has 3 aromatic carbocycles. The maximum Gasteiger partial charge on any atom is 0.158 e. The predicted octanol–water partition coefficient (Wildman–Crippen LogP) is 6.94. The molecule has 0 aliphatic rings. The van der Waals surface area contributed by atoms with E-state index in [0.29, 0.717) is 0 Å². The summed E-state index contributed by atoms with van der Waals surface area (Å²) >= 11 is 0. The van der Waals surface area contributed by atoms with Crippen LogP contribution in [0.5, 0.6) is 0 Å². The molecule has 0 saturated carbocycles. The lowest BCUT2D eigenvalue weighted by Gasteiger charge is -2.18. The van der Waals surface area contributed by atoms with Crippen LogP contribution in [0.3, 0.4) is 0 Å². The summed E-state index contributed by atoms with van der Waals surface area (Å²) in [5, 5.41) is 5.87. The number of anilines is 2. The highest BCUT2D eigenvalue weighted by molar-refractivity contribution is 6.10. The number of benzene rings is 3. The van der Waals surface area contributed by atoms with E-state index in [9.17, 15) is 0 Å². The Labute approximate surface area is 148 Å². The zero-order valence-corrected chi connectivity index (χ0v) is 15.2. The van der Waals surface area contributed by atoms with Gasteiger partial charge in [-0.3, -0.25) is 0 Å². The van der Waals surface area contributed by atoms with Crippen LogP contribution < -0.4 is 5.32 Å². The van der Waals surface area contributed by atoms with E-state index >= 15 is 0 Å². The zero-order chi connectivity index (χ0) is 17.6. The Morgan fingerprint density at radius 3 is 2.08 bits per heavy atom. The molecule has 0 saturated heterocycles. The molecule has 2 heteroatoms. The lowest BCUT2D eigenvalue weighted by atomic mass is 9.86. The normalized spacial score (nSPS) is 12.0. The summed E-state index contributed by atoms with van der Waals surface area (Å²) in [5.74, 6) is 0. The molecule has 126 valence electrons. The minimum atomic E-state index is 0.0387. The first kappa shape index (κ1) is 15.8. The van der Waals surface area contributed by atoms with Crippen LogP contribution in [-0.2, 0) is 5.41 Å². The van der Waals surface area contributed by atoms with Gasteiger partial charge in [0.25, 0.3) is 0 Å². The standard InChI is InChI=1S/C23H23NO/c1-15-9-5-6-13-19(15)24-20-14-8-11-17-16-10-7-12-18(23(2,3)4)21(16)25-22(17)20/h5-14,24H,1-4H3. The molecule has 0 amide bonds. The van der Waals surface area contributed by atoms with Crippen LogP contribution >= 0.6 is 0 Å². The average molecular weight is 329 g/mol. The minimum Gasteiger partial charge on any atom is -0.454 e. The summed E-state index contributed by atoms with van der Waals surface area (Å²) in [6.45, 7) is 8.78. The average Bonchev–Trinajstić information content (AvgIpc) is 2.96. The summed E-state index contributed by atoms with van der Waals surface area (Å²) in [6.07, 6.45) is 0. The predicted molar refractivity (Wildman–Crippen MR) is 107 cm³/mol. The third kappa shape index (κ3) is 2.68. The van der Waals surface area contributed by atoms with Crippen LogP contribution in [-0.4, -0.2) is 0 Å². The van der Waals surface area contributed by atoms with Gasteiger partial charge >= 0.3 is 0 Å². The highest BCUT2D eigenvalue weighted by Crippen LogP contribution is 2.39. The number of hydrogen-bond acceptors (Lipinski definition) is 2. The van der Waals surface area contributed by atoms with Gasteiger partial charge in [0.1, 0.15) is 5.58 Å². The quantitative estimate of drug-likeness (QED) is 0.431. The van der Waals surface area contributed by atoms with E-state index in [1.807, 2.05) is 6.07 Å². The fourth-order valence-electron chi connectivity index (χ4n) is 3.37. The molecule has 1 aromatic heterocycles. The number of hydrogen-bond donors (Lipinski definition) is 1. The second kappa shape index (κ2) is 5.66. The molecule has 2 nitrogen and oxygen atoms in total. The molecule has 1 heterocycles. The van der Waals surface area contributed by atoms with Crippen molar-refractivity contribution in [2.45, 2.75) is 33.1 Å². The van der Waals surface area contributed by atoms with E-state index in [0.717, 1.165) is 27.9 Å². The largest absolute Gasteiger partial charge is 0.454 e. The Hall–Kier alpha value is -2.74. The Balaban J connectivity index is 1.94. The molecule has 4 rings (SSSR count). The molecule has 25 heavy (non-hydrogen) atoms. The van der Waals surface area contributed by atoms with Crippen molar-refractivity contribution in [1.29, 1.82) is 0 Å². The molecule has 1 N–H and O–H groups in total. The first-order chi connectivity index (χ1) is 11.9. The maximum atomic E-state index is 6.39. The van der Waals surface area contributed by atoms with Gasteiger partial charge in [-0.05, 0) is 30.0 Å². The van der Waals surface area contributed by atoms with Crippen LogP contribution in [0, 0.1) is 6.92 Å². The summed E-state index contributed by atoms with van der Waals surface area (Å²) < 4.78 is 6.39. The molecular weight excluding hydrogens is 306 g/mol. The van der Waals surface area contributed by atoms with Crippen molar-refractivity contribution in [3.05, 3.63) is 71.8 Å². The third-order valence-corrected chi connectivity index (χ3v) is 4.75. The van der Waals surface area contributed by atoms with E-state index in [-0.39, 0.29) is 5.41 Å². The van der Waals surface area contributed by atoms with Gasteiger partial charge < -0.3 is 9.73 Å². The van der Waals surface area contributed by atoms with Crippen molar-refractivity contribution in [1.82, 2.24) is 0 Å². The van der Waals surface area contributed by atoms with E-state index in [2.05, 4.69) is 87.6 Å². The molecule has 0 fully saturated rings. The SMILES string of the molecule is Cc1ccccc1Nc1cccc2c1oc1c(C(C)(C)C)cccc12. The van der Waals surface area contributed by atoms with Gasteiger partial charge in [0, 0.05) is 22.0 Å². The highest BCUT2D eigenvalue weighted by Gasteiger charge is 2.21. The van der Waals surface area contributed by atoms with Crippen molar-refractivity contribution in [2.75, 3.05) is 5.32 Å². The first-order valence-corrected chi connectivity index (χ1v) is 8.72. The lowest BCUT2D eigenvalue weighted by Crippen LogP contribution is -2.10. The van der Waals surface area contributed by atoms with Crippen LogP contribution in [0.4, 0.5) is 11.4 Å². The van der Waals surface area contributed by atoms with Gasteiger partial charge in [-0.15, -0.1) is 0 Å². The summed E-state index contributed by atoms with van der Waals surface area (Å²) in [7, 11) is 0. The van der Waals surface area contributed by atoms with Gasteiger partial charge in [-0.25, -0.2) is 0 Å². The first-order valence-electron chi connectivity index (χ1n) is 8.72. The van der Waals surface area contributed by atoms with Crippen molar-refractivity contribution in [2.24, 2.45) is 0 Å². The van der Waals surface area contributed by atoms with Crippen molar-refractivity contribution in [3.8, 4) is 0 Å². The molecule has 0 atom stereocenters. The fourth-order valence-corrected chi connectivity index (χ4v) is 3.37.